The fourth-order valence-corrected chi connectivity index (χ4v) is 4.29. The topological polar surface area (TPSA) is 6.48 Å². The number of thioether (sulfide) groups is 1. The van der Waals surface area contributed by atoms with Crippen molar-refractivity contribution in [3.05, 3.63) is 29.8 Å². The van der Waals surface area contributed by atoms with Gasteiger partial charge in [-0.05, 0) is 30.4 Å². The molecule has 0 saturated carbocycles. The van der Waals surface area contributed by atoms with Crippen LogP contribution in [0.4, 0.5) is 18.9 Å². The standard InChI is InChI=1S/C15H19F3N2S/c16-15(17,18)12-2-1-3-13(10-12)19-5-7-20(8-6-19)14-4-9-21-11-14/h1-3,10,14H,4-9,11H2/t14-/m1/s1. The van der Waals surface area contributed by atoms with E-state index in [2.05, 4.69) is 9.80 Å². The maximum Gasteiger partial charge on any atom is 0.416 e. The summed E-state index contributed by atoms with van der Waals surface area (Å²) in [6, 6.07) is 6.34. The second-order valence-corrected chi connectivity index (χ2v) is 6.74. The molecule has 1 aromatic carbocycles. The van der Waals surface area contributed by atoms with Gasteiger partial charge in [-0.2, -0.15) is 24.9 Å². The monoisotopic (exact) mass is 316 g/mol. The van der Waals surface area contributed by atoms with Crippen LogP contribution in [0, 0.1) is 0 Å². The van der Waals surface area contributed by atoms with Gasteiger partial charge in [-0.1, -0.05) is 6.07 Å². The van der Waals surface area contributed by atoms with Gasteiger partial charge >= 0.3 is 6.18 Å². The predicted molar refractivity (Wildman–Crippen MR) is 81.0 cm³/mol. The zero-order chi connectivity index (χ0) is 14.9. The number of hydrogen-bond donors (Lipinski definition) is 0. The van der Waals surface area contributed by atoms with Crippen LogP contribution >= 0.6 is 11.8 Å². The Morgan fingerprint density at radius 3 is 2.48 bits per heavy atom. The number of halogens is 3. The summed E-state index contributed by atoms with van der Waals surface area (Å²) in [6.07, 6.45) is -3.02. The Hall–Kier alpha value is -0.880. The molecular weight excluding hydrogens is 297 g/mol. The number of hydrogen-bond acceptors (Lipinski definition) is 3. The third kappa shape index (κ3) is 3.48. The first-order valence-corrected chi connectivity index (χ1v) is 8.43. The van der Waals surface area contributed by atoms with Gasteiger partial charge in [-0.15, -0.1) is 0 Å². The number of nitrogens with zero attached hydrogens (tertiary/aromatic N) is 2. The number of anilines is 1. The van der Waals surface area contributed by atoms with E-state index in [9.17, 15) is 13.2 Å². The second kappa shape index (κ2) is 6.08. The second-order valence-electron chi connectivity index (χ2n) is 5.59. The van der Waals surface area contributed by atoms with E-state index in [1.54, 1.807) is 6.07 Å². The van der Waals surface area contributed by atoms with Crippen molar-refractivity contribution in [2.75, 3.05) is 42.6 Å². The van der Waals surface area contributed by atoms with Crippen molar-refractivity contribution in [3.63, 3.8) is 0 Å². The van der Waals surface area contributed by atoms with Crippen LogP contribution < -0.4 is 4.90 Å². The highest BCUT2D eigenvalue weighted by Gasteiger charge is 2.31. The Morgan fingerprint density at radius 1 is 1.10 bits per heavy atom. The minimum Gasteiger partial charge on any atom is -0.369 e. The quantitative estimate of drug-likeness (QED) is 0.826. The molecule has 2 aliphatic heterocycles. The van der Waals surface area contributed by atoms with Crippen LogP contribution in [-0.2, 0) is 6.18 Å². The molecule has 0 unspecified atom stereocenters. The lowest BCUT2D eigenvalue weighted by Gasteiger charge is -2.39. The van der Waals surface area contributed by atoms with E-state index in [1.807, 2.05) is 11.8 Å². The van der Waals surface area contributed by atoms with Crippen molar-refractivity contribution in [1.29, 1.82) is 0 Å². The largest absolute Gasteiger partial charge is 0.416 e. The number of rotatable bonds is 2. The first kappa shape index (κ1) is 15.0. The van der Waals surface area contributed by atoms with Crippen LogP contribution in [0.2, 0.25) is 0 Å². The van der Waals surface area contributed by atoms with E-state index in [4.69, 9.17) is 0 Å². The van der Waals surface area contributed by atoms with Crippen molar-refractivity contribution < 1.29 is 13.2 Å². The molecule has 0 N–H and O–H groups in total. The van der Waals surface area contributed by atoms with Crippen molar-refractivity contribution in [3.8, 4) is 0 Å². The van der Waals surface area contributed by atoms with E-state index in [1.165, 1.54) is 30.1 Å². The molecule has 3 rings (SSSR count). The van der Waals surface area contributed by atoms with Gasteiger partial charge < -0.3 is 4.90 Å². The molecule has 2 fully saturated rings. The molecule has 0 amide bonds. The Kier molecular flexibility index (Phi) is 4.36. The first-order valence-electron chi connectivity index (χ1n) is 7.28. The lowest BCUT2D eigenvalue weighted by Crippen LogP contribution is -2.50. The Morgan fingerprint density at radius 2 is 1.86 bits per heavy atom. The molecule has 2 heterocycles. The third-order valence-corrected chi connectivity index (χ3v) is 5.42. The van der Waals surface area contributed by atoms with Gasteiger partial charge in [0.05, 0.1) is 5.56 Å². The summed E-state index contributed by atoms with van der Waals surface area (Å²) in [4.78, 5) is 4.55. The average molecular weight is 316 g/mol. The maximum atomic E-state index is 12.8. The van der Waals surface area contributed by atoms with E-state index in [-0.39, 0.29) is 0 Å². The smallest absolute Gasteiger partial charge is 0.369 e. The van der Waals surface area contributed by atoms with E-state index in [0.29, 0.717) is 11.7 Å². The summed E-state index contributed by atoms with van der Waals surface area (Å²) in [7, 11) is 0. The number of benzene rings is 1. The van der Waals surface area contributed by atoms with Gasteiger partial charge in [0.2, 0.25) is 0 Å². The van der Waals surface area contributed by atoms with Gasteiger partial charge in [0.15, 0.2) is 0 Å². The molecule has 21 heavy (non-hydrogen) atoms. The molecule has 0 aromatic heterocycles. The van der Waals surface area contributed by atoms with Crippen LogP contribution in [0.15, 0.2) is 24.3 Å². The Bertz CT molecular complexity index is 478. The van der Waals surface area contributed by atoms with Gasteiger partial charge in [0.1, 0.15) is 0 Å². The molecule has 0 spiro atoms. The summed E-state index contributed by atoms with van der Waals surface area (Å²) in [6.45, 7) is 3.51. The number of piperazine rings is 1. The van der Waals surface area contributed by atoms with Crippen molar-refractivity contribution in [2.45, 2.75) is 18.6 Å². The Balaban J connectivity index is 1.64. The SMILES string of the molecule is FC(F)(F)c1cccc(N2CCN([C@@H]3CCSC3)CC2)c1. The van der Waals surface area contributed by atoms with Crippen molar-refractivity contribution in [2.24, 2.45) is 0 Å². The zero-order valence-electron chi connectivity index (χ0n) is 11.8. The predicted octanol–water partition coefficient (Wildman–Crippen LogP) is 3.33. The average Bonchev–Trinajstić information content (AvgIpc) is 3.01. The maximum absolute atomic E-state index is 12.8. The van der Waals surface area contributed by atoms with Crippen LogP contribution in [-0.4, -0.2) is 48.6 Å². The molecule has 1 aromatic rings. The third-order valence-electron chi connectivity index (χ3n) is 4.27. The van der Waals surface area contributed by atoms with Crippen LogP contribution in [0.3, 0.4) is 0 Å². The number of alkyl halides is 3. The lowest BCUT2D eigenvalue weighted by atomic mass is 10.1. The molecule has 2 saturated heterocycles. The highest BCUT2D eigenvalue weighted by Crippen LogP contribution is 2.32. The van der Waals surface area contributed by atoms with Gasteiger partial charge in [-0.3, -0.25) is 4.90 Å². The normalized spacial score (nSPS) is 24.5. The van der Waals surface area contributed by atoms with Gasteiger partial charge in [-0.25, -0.2) is 0 Å². The van der Waals surface area contributed by atoms with Gasteiger partial charge in [0, 0.05) is 43.7 Å². The van der Waals surface area contributed by atoms with E-state index >= 15 is 0 Å². The molecule has 116 valence electrons. The van der Waals surface area contributed by atoms with Gasteiger partial charge in [0.25, 0.3) is 0 Å². The van der Waals surface area contributed by atoms with E-state index < -0.39 is 11.7 Å². The molecule has 0 radical (unpaired) electrons. The summed E-state index contributed by atoms with van der Waals surface area (Å²) < 4.78 is 38.3. The van der Waals surface area contributed by atoms with Crippen molar-refractivity contribution >= 4 is 17.4 Å². The summed E-state index contributed by atoms with van der Waals surface area (Å²) in [5.74, 6) is 2.43. The molecule has 2 aliphatic rings. The van der Waals surface area contributed by atoms with Crippen LogP contribution in [0.25, 0.3) is 0 Å². The molecule has 1 atom stereocenters. The highest BCUT2D eigenvalue weighted by molar-refractivity contribution is 7.99. The zero-order valence-corrected chi connectivity index (χ0v) is 12.6. The molecule has 2 nitrogen and oxygen atoms in total. The summed E-state index contributed by atoms with van der Waals surface area (Å²) in [5.41, 5.74) is 0.125. The van der Waals surface area contributed by atoms with Crippen LogP contribution in [0.1, 0.15) is 12.0 Å². The Labute approximate surface area is 127 Å². The molecule has 0 bridgehead atoms. The molecule has 0 aliphatic carbocycles. The van der Waals surface area contributed by atoms with Crippen molar-refractivity contribution in [1.82, 2.24) is 4.90 Å². The summed E-state index contributed by atoms with van der Waals surface area (Å²) in [5, 5.41) is 0. The summed E-state index contributed by atoms with van der Waals surface area (Å²) >= 11 is 2.00. The molecule has 6 heteroatoms. The van der Waals surface area contributed by atoms with Crippen LogP contribution in [0.5, 0.6) is 0 Å². The lowest BCUT2D eigenvalue weighted by molar-refractivity contribution is -0.137. The minimum absolute atomic E-state index is 0.561. The fraction of sp³-hybridized carbons (Fsp3) is 0.600. The first-order chi connectivity index (χ1) is 10.0. The minimum atomic E-state index is -4.26. The fourth-order valence-electron chi connectivity index (χ4n) is 3.03. The van der Waals surface area contributed by atoms with E-state index in [0.717, 1.165) is 32.2 Å². The molecular formula is C15H19F3N2S. The highest BCUT2D eigenvalue weighted by atomic mass is 32.2.